The molecule has 126 valence electrons. The molecule has 1 fully saturated rings. The second-order valence-corrected chi connectivity index (χ2v) is 8.50. The third-order valence-corrected chi connectivity index (χ3v) is 6.49. The lowest BCUT2D eigenvalue weighted by molar-refractivity contribution is -0.117. The summed E-state index contributed by atoms with van der Waals surface area (Å²) in [5.74, 6) is 0.440. The van der Waals surface area contributed by atoms with Crippen LogP contribution in [-0.4, -0.2) is 41.3 Å². The second-order valence-electron chi connectivity index (χ2n) is 6.33. The fourth-order valence-electron chi connectivity index (χ4n) is 3.00. The normalized spacial score (nSPS) is 18.5. The van der Waals surface area contributed by atoms with Crippen molar-refractivity contribution >= 4 is 21.4 Å². The van der Waals surface area contributed by atoms with Gasteiger partial charge >= 0.3 is 0 Å². The van der Waals surface area contributed by atoms with Crippen molar-refractivity contribution in [2.45, 2.75) is 42.5 Å². The number of carbonyl (C=O) groups excluding carboxylic acids is 1. The Morgan fingerprint density at radius 1 is 1.33 bits per heavy atom. The number of hydrogen-bond donors (Lipinski definition) is 1. The Bertz CT molecular complexity index is 902. The van der Waals surface area contributed by atoms with Crippen molar-refractivity contribution in [2.24, 2.45) is 0 Å². The number of amides is 1. The quantitative estimate of drug-likeness (QED) is 0.903. The maximum Gasteiger partial charge on any atom is 0.267 e. The first-order valence-corrected chi connectivity index (χ1v) is 9.58. The van der Waals surface area contributed by atoms with E-state index in [0.717, 1.165) is 30.5 Å². The van der Waals surface area contributed by atoms with Crippen LogP contribution >= 0.6 is 0 Å². The van der Waals surface area contributed by atoms with Crippen LogP contribution in [0.5, 0.6) is 0 Å². The Morgan fingerprint density at radius 3 is 2.83 bits per heavy atom. The molecule has 0 unspecified atom stereocenters. The summed E-state index contributed by atoms with van der Waals surface area (Å²) in [5.41, 5.74) is 1.85. The van der Waals surface area contributed by atoms with E-state index in [1.54, 1.807) is 4.90 Å². The molecule has 1 aliphatic heterocycles. The number of nitrogens with zero attached hydrogens (tertiary/aromatic N) is 3. The number of rotatable bonds is 4. The number of sulfone groups is 1. The number of para-hydroxylation sites is 1. The Kier molecular flexibility index (Phi) is 3.45. The highest BCUT2D eigenvalue weighted by Crippen LogP contribution is 2.38. The number of aromatic amines is 1. The van der Waals surface area contributed by atoms with Crippen LogP contribution in [-0.2, 0) is 21.1 Å². The molecule has 2 heterocycles. The zero-order valence-electron chi connectivity index (χ0n) is 13.3. The highest BCUT2D eigenvalue weighted by Gasteiger charge is 2.39. The van der Waals surface area contributed by atoms with Gasteiger partial charge in [0.1, 0.15) is 11.1 Å². The van der Waals surface area contributed by atoms with Crippen molar-refractivity contribution in [1.29, 1.82) is 0 Å². The van der Waals surface area contributed by atoms with Gasteiger partial charge in [-0.05, 0) is 37.8 Å². The van der Waals surface area contributed by atoms with Crippen molar-refractivity contribution in [3.63, 3.8) is 0 Å². The summed E-state index contributed by atoms with van der Waals surface area (Å²) in [6.07, 6.45) is 2.72. The highest BCUT2D eigenvalue weighted by atomic mass is 32.2. The smallest absolute Gasteiger partial charge is 0.267 e. The molecule has 24 heavy (non-hydrogen) atoms. The average molecular weight is 346 g/mol. The number of H-pyrrole nitrogens is 1. The van der Waals surface area contributed by atoms with Crippen LogP contribution in [0.2, 0.25) is 0 Å². The molecule has 7 nitrogen and oxygen atoms in total. The van der Waals surface area contributed by atoms with Crippen LogP contribution in [0.25, 0.3) is 0 Å². The summed E-state index contributed by atoms with van der Waals surface area (Å²) in [4.78, 5) is 18.4. The topological polar surface area (TPSA) is 96.0 Å². The van der Waals surface area contributed by atoms with E-state index in [-0.39, 0.29) is 11.1 Å². The largest absolute Gasteiger partial charge is 0.311 e. The maximum absolute atomic E-state index is 12.8. The molecule has 1 aliphatic carbocycles. The van der Waals surface area contributed by atoms with Gasteiger partial charge in [-0.3, -0.25) is 9.89 Å². The Hall–Kier alpha value is -2.22. The summed E-state index contributed by atoms with van der Waals surface area (Å²) < 4.78 is 25.4. The SMILES string of the molecule is C[C@H](C(=O)N1CCc2ccccc21)S(=O)(=O)c1n[nH]c(C2CC2)n1. The molecule has 0 saturated heterocycles. The summed E-state index contributed by atoms with van der Waals surface area (Å²) in [6, 6.07) is 7.57. The van der Waals surface area contributed by atoms with Gasteiger partial charge < -0.3 is 4.90 Å². The molecule has 1 saturated carbocycles. The number of carbonyl (C=O) groups is 1. The van der Waals surface area contributed by atoms with E-state index in [1.165, 1.54) is 6.92 Å². The summed E-state index contributed by atoms with van der Waals surface area (Å²) in [5, 5.41) is 5.02. The van der Waals surface area contributed by atoms with Crippen molar-refractivity contribution in [2.75, 3.05) is 11.4 Å². The highest BCUT2D eigenvalue weighted by molar-refractivity contribution is 7.92. The molecule has 8 heteroatoms. The van der Waals surface area contributed by atoms with E-state index in [2.05, 4.69) is 15.2 Å². The fourth-order valence-corrected chi connectivity index (χ4v) is 4.11. The molecular weight excluding hydrogens is 328 g/mol. The fraction of sp³-hybridized carbons (Fsp3) is 0.438. The zero-order chi connectivity index (χ0) is 16.9. The van der Waals surface area contributed by atoms with Crippen LogP contribution in [0.4, 0.5) is 5.69 Å². The van der Waals surface area contributed by atoms with E-state index < -0.39 is 21.0 Å². The van der Waals surface area contributed by atoms with Gasteiger partial charge in [-0.1, -0.05) is 18.2 Å². The predicted octanol–water partition coefficient (Wildman–Crippen LogP) is 1.43. The molecule has 0 bridgehead atoms. The van der Waals surface area contributed by atoms with E-state index in [9.17, 15) is 13.2 Å². The van der Waals surface area contributed by atoms with Crippen molar-refractivity contribution in [1.82, 2.24) is 15.2 Å². The van der Waals surface area contributed by atoms with E-state index in [4.69, 9.17) is 0 Å². The number of anilines is 1. The Balaban J connectivity index is 1.60. The molecule has 2 aliphatic rings. The van der Waals surface area contributed by atoms with Gasteiger partial charge in [0.15, 0.2) is 0 Å². The molecule has 1 aromatic heterocycles. The second kappa shape index (κ2) is 5.41. The van der Waals surface area contributed by atoms with Crippen LogP contribution in [0.3, 0.4) is 0 Å². The summed E-state index contributed by atoms with van der Waals surface area (Å²) >= 11 is 0. The Morgan fingerprint density at radius 2 is 2.08 bits per heavy atom. The van der Waals surface area contributed by atoms with Crippen LogP contribution in [0.15, 0.2) is 29.4 Å². The van der Waals surface area contributed by atoms with Crippen molar-refractivity contribution in [3.05, 3.63) is 35.7 Å². The van der Waals surface area contributed by atoms with Crippen LogP contribution in [0.1, 0.15) is 37.1 Å². The molecule has 0 spiro atoms. The number of hydrogen-bond acceptors (Lipinski definition) is 5. The molecule has 2 aromatic rings. The van der Waals surface area contributed by atoms with E-state index in [1.807, 2.05) is 24.3 Å². The first-order chi connectivity index (χ1) is 11.5. The van der Waals surface area contributed by atoms with Gasteiger partial charge in [0.25, 0.3) is 5.16 Å². The molecule has 1 aromatic carbocycles. The number of benzene rings is 1. The Labute approximate surface area is 140 Å². The predicted molar refractivity (Wildman–Crippen MR) is 87.5 cm³/mol. The minimum atomic E-state index is -3.91. The lowest BCUT2D eigenvalue weighted by Crippen LogP contribution is -2.41. The van der Waals surface area contributed by atoms with Gasteiger partial charge in [-0.2, -0.15) is 0 Å². The first kappa shape index (κ1) is 15.3. The molecule has 1 amide bonds. The number of aromatic nitrogens is 3. The van der Waals surface area contributed by atoms with E-state index in [0.29, 0.717) is 12.4 Å². The van der Waals surface area contributed by atoms with Gasteiger partial charge in [-0.25, -0.2) is 13.4 Å². The maximum atomic E-state index is 12.8. The monoisotopic (exact) mass is 346 g/mol. The third kappa shape index (κ3) is 2.41. The number of nitrogens with one attached hydrogen (secondary N) is 1. The van der Waals surface area contributed by atoms with Gasteiger partial charge in [0.05, 0.1) is 0 Å². The molecule has 4 rings (SSSR count). The molecule has 1 N–H and O–H groups in total. The van der Waals surface area contributed by atoms with Crippen LogP contribution in [0, 0.1) is 0 Å². The summed E-state index contributed by atoms with van der Waals surface area (Å²) in [7, 11) is -3.91. The average Bonchev–Trinajstić information content (AvgIpc) is 3.15. The first-order valence-electron chi connectivity index (χ1n) is 8.04. The standard InChI is InChI=1S/C16H18N4O3S/c1-10(15(21)20-9-8-11-4-2-3-5-13(11)20)24(22,23)16-17-14(18-19-16)12-6-7-12/h2-5,10,12H,6-9H2,1H3,(H,17,18,19)/t10-/m1/s1. The lowest BCUT2D eigenvalue weighted by Gasteiger charge is -2.20. The minimum absolute atomic E-state index is 0.276. The molecular formula is C16H18N4O3S. The van der Waals surface area contributed by atoms with Crippen molar-refractivity contribution < 1.29 is 13.2 Å². The third-order valence-electron chi connectivity index (χ3n) is 4.67. The minimum Gasteiger partial charge on any atom is -0.311 e. The van der Waals surface area contributed by atoms with Crippen LogP contribution < -0.4 is 4.90 Å². The van der Waals surface area contributed by atoms with Crippen molar-refractivity contribution in [3.8, 4) is 0 Å². The molecule has 1 atom stereocenters. The lowest BCUT2D eigenvalue weighted by atomic mass is 10.2. The van der Waals surface area contributed by atoms with Gasteiger partial charge in [-0.15, -0.1) is 5.10 Å². The van der Waals surface area contributed by atoms with Gasteiger partial charge in [0, 0.05) is 18.2 Å². The molecule has 0 radical (unpaired) electrons. The van der Waals surface area contributed by atoms with Gasteiger partial charge in [0.2, 0.25) is 15.7 Å². The number of fused-ring (bicyclic) bond motifs is 1. The zero-order valence-corrected chi connectivity index (χ0v) is 14.1. The van der Waals surface area contributed by atoms with E-state index >= 15 is 0 Å². The summed E-state index contributed by atoms with van der Waals surface area (Å²) in [6.45, 7) is 1.91.